The van der Waals surface area contributed by atoms with Crippen molar-refractivity contribution in [2.24, 2.45) is 0 Å². The van der Waals surface area contributed by atoms with Crippen molar-refractivity contribution in [3.8, 4) is 0 Å². The molecule has 0 radical (unpaired) electrons. The molecule has 0 unspecified atom stereocenters. The number of rotatable bonds is 0. The normalized spacial score (nSPS) is 2.20. The zero-order valence-electron chi connectivity index (χ0n) is 7.66. The molecule has 0 aromatic carbocycles. The zero-order chi connectivity index (χ0) is 10.0. The minimum absolute atomic E-state index is 2.00. The number of hydrogen-bond acceptors (Lipinski definition) is 0. The lowest BCUT2D eigenvalue weighted by atomic mass is 11.0. The van der Waals surface area contributed by atoms with Gasteiger partial charge in [-0.2, -0.15) is 0 Å². The summed E-state index contributed by atoms with van der Waals surface area (Å²) in [6.07, 6.45) is 0. The first-order valence-corrected chi connectivity index (χ1v) is 3.00. The minimum atomic E-state index is 2.00. The molecule has 0 amide bonds. The molecule has 0 aliphatic rings. The third-order valence-corrected chi connectivity index (χ3v) is 0. The average Bonchev–Trinajstić information content (AvgIpc) is 2.20. The molecule has 0 N–H and O–H groups in total. The molecular weight excluding hydrogens is 120 g/mol. The van der Waals surface area contributed by atoms with Crippen LogP contribution in [-0.4, -0.2) is 0 Å². The SMILES string of the molecule is C=C.C=C.C=C.C=C.CC. The van der Waals surface area contributed by atoms with Gasteiger partial charge in [-0.3, -0.25) is 0 Å². The standard InChI is InChI=1S/C2H6.4C2H4/c5*1-2/h1-2H3;4*1-2H2. The van der Waals surface area contributed by atoms with Gasteiger partial charge in [-0.15, -0.1) is 52.6 Å². The van der Waals surface area contributed by atoms with E-state index in [2.05, 4.69) is 52.6 Å². The van der Waals surface area contributed by atoms with Crippen LogP contribution in [0.1, 0.15) is 13.8 Å². The van der Waals surface area contributed by atoms with Gasteiger partial charge in [-0.05, 0) is 0 Å². The van der Waals surface area contributed by atoms with Gasteiger partial charge in [0.1, 0.15) is 0 Å². The predicted octanol–water partition coefficient (Wildman–Crippen LogP) is 4.24. The summed E-state index contributed by atoms with van der Waals surface area (Å²) >= 11 is 0. The fourth-order valence-corrected chi connectivity index (χ4v) is 0. The van der Waals surface area contributed by atoms with Gasteiger partial charge in [-0.1, -0.05) is 13.8 Å². The van der Waals surface area contributed by atoms with Gasteiger partial charge in [0.25, 0.3) is 0 Å². The van der Waals surface area contributed by atoms with Gasteiger partial charge in [-0.25, -0.2) is 0 Å². The van der Waals surface area contributed by atoms with Crippen molar-refractivity contribution in [3.05, 3.63) is 52.6 Å². The van der Waals surface area contributed by atoms with Crippen LogP contribution in [0.4, 0.5) is 0 Å². The van der Waals surface area contributed by atoms with E-state index in [4.69, 9.17) is 0 Å². The molecule has 0 heterocycles. The Kier molecular flexibility index (Phi) is 1290. The second-order valence-corrected chi connectivity index (χ2v) is 0. The maximum atomic E-state index is 3.00. The summed E-state index contributed by atoms with van der Waals surface area (Å²) < 4.78 is 0. The fourth-order valence-electron chi connectivity index (χ4n) is 0. The van der Waals surface area contributed by atoms with Crippen LogP contribution < -0.4 is 0 Å². The van der Waals surface area contributed by atoms with Crippen molar-refractivity contribution in [2.75, 3.05) is 0 Å². The van der Waals surface area contributed by atoms with Crippen molar-refractivity contribution in [1.82, 2.24) is 0 Å². The highest BCUT2D eigenvalue weighted by Crippen LogP contribution is 1.14. The van der Waals surface area contributed by atoms with E-state index in [0.717, 1.165) is 0 Å². The van der Waals surface area contributed by atoms with Crippen LogP contribution in [0.15, 0.2) is 52.6 Å². The molecule has 0 aromatic rings. The Morgan fingerprint density at radius 1 is 0.400 bits per heavy atom. The van der Waals surface area contributed by atoms with Crippen LogP contribution in [0, 0.1) is 0 Å². The largest absolute Gasteiger partial charge is 0.106 e. The summed E-state index contributed by atoms with van der Waals surface area (Å²) in [6.45, 7) is 28.0. The van der Waals surface area contributed by atoms with Crippen LogP contribution >= 0.6 is 0 Å². The van der Waals surface area contributed by atoms with Crippen LogP contribution in [0.2, 0.25) is 0 Å². The van der Waals surface area contributed by atoms with Gasteiger partial charge in [0.15, 0.2) is 0 Å². The second kappa shape index (κ2) is 357. The molecule has 0 aliphatic heterocycles. The smallest absolute Gasteiger partial charge is 0.0683 e. The van der Waals surface area contributed by atoms with E-state index >= 15 is 0 Å². The highest BCUT2D eigenvalue weighted by Gasteiger charge is 0.932. The first kappa shape index (κ1) is 36.2. The lowest BCUT2D eigenvalue weighted by Gasteiger charge is -1.07. The maximum absolute atomic E-state index is 3.00. The van der Waals surface area contributed by atoms with Gasteiger partial charge < -0.3 is 0 Å². The number of hydrogen-bond donors (Lipinski definition) is 0. The zero-order valence-corrected chi connectivity index (χ0v) is 7.66. The van der Waals surface area contributed by atoms with E-state index < -0.39 is 0 Å². The Labute approximate surface area is 67.3 Å². The lowest BCUT2D eigenvalue weighted by Crippen LogP contribution is -0.856. The van der Waals surface area contributed by atoms with E-state index in [1.165, 1.54) is 0 Å². The molecule has 0 aromatic heterocycles. The predicted molar refractivity (Wildman–Crippen MR) is 56.4 cm³/mol. The molecule has 0 heteroatoms. The Bertz CT molecular complexity index is 8.00. The second-order valence-electron chi connectivity index (χ2n) is 0. The van der Waals surface area contributed by atoms with Crippen molar-refractivity contribution in [1.29, 1.82) is 0 Å². The Morgan fingerprint density at radius 2 is 0.400 bits per heavy atom. The van der Waals surface area contributed by atoms with Crippen LogP contribution in [0.3, 0.4) is 0 Å². The molecule has 0 spiro atoms. The van der Waals surface area contributed by atoms with Gasteiger partial charge >= 0.3 is 0 Å². The average molecular weight is 142 g/mol. The summed E-state index contributed by atoms with van der Waals surface area (Å²) in [6, 6.07) is 0. The summed E-state index contributed by atoms with van der Waals surface area (Å²) in [4.78, 5) is 0. The van der Waals surface area contributed by atoms with E-state index in [1.807, 2.05) is 13.8 Å². The molecule has 0 fully saturated rings. The van der Waals surface area contributed by atoms with Crippen molar-refractivity contribution in [3.63, 3.8) is 0 Å². The van der Waals surface area contributed by atoms with Gasteiger partial charge in [0.2, 0.25) is 0 Å². The summed E-state index contributed by atoms with van der Waals surface area (Å²) in [5.74, 6) is 0. The van der Waals surface area contributed by atoms with Gasteiger partial charge in [0, 0.05) is 0 Å². The molecular formula is C10H22. The molecule has 0 saturated heterocycles. The van der Waals surface area contributed by atoms with E-state index in [0.29, 0.717) is 0 Å². The van der Waals surface area contributed by atoms with Crippen LogP contribution in [-0.2, 0) is 0 Å². The molecule has 0 nitrogen and oxygen atoms in total. The first-order chi connectivity index (χ1) is 5.00. The van der Waals surface area contributed by atoms with Crippen molar-refractivity contribution < 1.29 is 0 Å². The third kappa shape index (κ3) is 229. The third-order valence-electron chi connectivity index (χ3n) is 0. The van der Waals surface area contributed by atoms with Crippen LogP contribution in [0.5, 0.6) is 0 Å². The first-order valence-electron chi connectivity index (χ1n) is 3.00. The summed E-state index contributed by atoms with van der Waals surface area (Å²) in [5.41, 5.74) is 0. The Balaban J connectivity index is -0.0000000104. The molecule has 0 atom stereocenters. The maximum Gasteiger partial charge on any atom is -0.0683 e. The van der Waals surface area contributed by atoms with Gasteiger partial charge in [0.05, 0.1) is 0 Å². The molecule has 10 heavy (non-hydrogen) atoms. The minimum Gasteiger partial charge on any atom is -0.106 e. The Morgan fingerprint density at radius 3 is 0.400 bits per heavy atom. The molecule has 0 saturated carbocycles. The molecule has 62 valence electrons. The topological polar surface area (TPSA) is 0 Å². The summed E-state index contributed by atoms with van der Waals surface area (Å²) in [7, 11) is 0. The van der Waals surface area contributed by atoms with Crippen molar-refractivity contribution in [2.45, 2.75) is 13.8 Å². The highest BCUT2D eigenvalue weighted by atomic mass is 13.0. The van der Waals surface area contributed by atoms with E-state index in [1.54, 1.807) is 0 Å². The molecule has 0 bridgehead atoms. The molecule has 0 aliphatic carbocycles. The fraction of sp³-hybridized carbons (Fsp3) is 0.200. The van der Waals surface area contributed by atoms with Crippen LogP contribution in [0.25, 0.3) is 0 Å². The monoisotopic (exact) mass is 142 g/mol. The summed E-state index contributed by atoms with van der Waals surface area (Å²) in [5, 5.41) is 0. The van der Waals surface area contributed by atoms with E-state index in [-0.39, 0.29) is 0 Å². The van der Waals surface area contributed by atoms with E-state index in [9.17, 15) is 0 Å². The quantitative estimate of drug-likeness (QED) is 0.444. The highest BCUT2D eigenvalue weighted by molar-refractivity contribution is 4.23. The Hall–Kier alpha value is -1.04. The molecule has 0 rings (SSSR count). The van der Waals surface area contributed by atoms with Crippen molar-refractivity contribution >= 4 is 0 Å². The lowest BCUT2D eigenvalue weighted by molar-refractivity contribution is 1.50.